The van der Waals surface area contributed by atoms with Crippen molar-refractivity contribution in [3.63, 3.8) is 0 Å². The molecule has 0 aliphatic carbocycles. The van der Waals surface area contributed by atoms with E-state index in [1.54, 1.807) is 12.1 Å². The first-order valence-corrected chi connectivity index (χ1v) is 8.49. The average molecular weight is 416 g/mol. The van der Waals surface area contributed by atoms with Crippen molar-refractivity contribution in [1.29, 1.82) is 0 Å². The zero-order valence-electron chi connectivity index (χ0n) is 13.1. The molecule has 0 unspecified atom stereocenters. The van der Waals surface area contributed by atoms with E-state index in [1.165, 1.54) is 0 Å². The van der Waals surface area contributed by atoms with E-state index >= 15 is 0 Å². The molecule has 2 aromatic rings. The largest absolute Gasteiger partial charge is 0.486 e. The van der Waals surface area contributed by atoms with Gasteiger partial charge in [-0.1, -0.05) is 15.9 Å². The van der Waals surface area contributed by atoms with Crippen molar-refractivity contribution in [3.05, 3.63) is 52.4 Å². The summed E-state index contributed by atoms with van der Waals surface area (Å²) >= 11 is 3.38. The number of nitrogens with one attached hydrogen (secondary N) is 2. The number of piperidine rings is 1. The molecule has 1 fully saturated rings. The van der Waals surface area contributed by atoms with Crippen LogP contribution in [0.3, 0.4) is 0 Å². The van der Waals surface area contributed by atoms with Crippen LogP contribution >= 0.6 is 28.3 Å². The number of halogens is 2. The number of carbonyl (C=O) groups excluding carboxylic acids is 1. The molecule has 0 radical (unpaired) electrons. The van der Waals surface area contributed by atoms with Crippen LogP contribution in [0.15, 0.2) is 45.3 Å². The van der Waals surface area contributed by atoms with E-state index in [1.807, 2.05) is 24.3 Å². The van der Waals surface area contributed by atoms with Crippen molar-refractivity contribution in [3.8, 4) is 5.75 Å². The molecule has 1 amide bonds. The quantitative estimate of drug-likeness (QED) is 0.784. The fourth-order valence-electron chi connectivity index (χ4n) is 2.49. The van der Waals surface area contributed by atoms with E-state index in [4.69, 9.17) is 9.15 Å². The molecule has 7 heteroatoms. The average Bonchev–Trinajstić information content (AvgIpc) is 3.04. The van der Waals surface area contributed by atoms with Crippen LogP contribution in [0, 0.1) is 0 Å². The molecular weight excluding hydrogens is 396 g/mol. The maximum absolute atomic E-state index is 12.2. The van der Waals surface area contributed by atoms with Gasteiger partial charge >= 0.3 is 0 Å². The predicted octanol–water partition coefficient (Wildman–Crippen LogP) is 3.52. The van der Waals surface area contributed by atoms with Crippen LogP contribution in [-0.4, -0.2) is 25.0 Å². The Morgan fingerprint density at radius 3 is 2.62 bits per heavy atom. The molecule has 0 spiro atoms. The molecule has 1 aliphatic heterocycles. The lowest BCUT2D eigenvalue weighted by atomic mass is 10.1. The fraction of sp³-hybridized carbons (Fsp3) is 0.353. The highest BCUT2D eigenvalue weighted by atomic mass is 79.9. The van der Waals surface area contributed by atoms with Gasteiger partial charge in [0.15, 0.2) is 5.76 Å². The van der Waals surface area contributed by atoms with Crippen LogP contribution < -0.4 is 15.4 Å². The third kappa shape index (κ3) is 5.26. The van der Waals surface area contributed by atoms with E-state index in [-0.39, 0.29) is 24.4 Å². The summed E-state index contributed by atoms with van der Waals surface area (Å²) < 4.78 is 12.2. The molecule has 2 N–H and O–H groups in total. The van der Waals surface area contributed by atoms with Crippen LogP contribution in [-0.2, 0) is 6.61 Å². The highest BCUT2D eigenvalue weighted by Gasteiger charge is 2.18. The van der Waals surface area contributed by atoms with Crippen molar-refractivity contribution in [1.82, 2.24) is 10.6 Å². The Labute approximate surface area is 155 Å². The normalized spacial score (nSPS) is 14.7. The molecule has 0 bridgehead atoms. The van der Waals surface area contributed by atoms with Gasteiger partial charge in [-0.3, -0.25) is 4.79 Å². The van der Waals surface area contributed by atoms with Gasteiger partial charge in [-0.15, -0.1) is 12.4 Å². The summed E-state index contributed by atoms with van der Waals surface area (Å²) in [6.45, 7) is 2.17. The molecule has 3 rings (SSSR count). The molecule has 0 atom stereocenters. The topological polar surface area (TPSA) is 63.5 Å². The minimum atomic E-state index is -0.160. The number of amides is 1. The Morgan fingerprint density at radius 1 is 1.21 bits per heavy atom. The van der Waals surface area contributed by atoms with Crippen LogP contribution in [0.5, 0.6) is 5.75 Å². The van der Waals surface area contributed by atoms with E-state index in [9.17, 15) is 4.79 Å². The number of ether oxygens (including phenoxy) is 1. The zero-order chi connectivity index (χ0) is 16.1. The van der Waals surface area contributed by atoms with Crippen molar-refractivity contribution in [2.75, 3.05) is 13.1 Å². The second-order valence-corrected chi connectivity index (χ2v) is 6.42. The lowest BCUT2D eigenvalue weighted by Crippen LogP contribution is -2.42. The summed E-state index contributed by atoms with van der Waals surface area (Å²) in [6, 6.07) is 11.3. The molecule has 0 saturated carbocycles. The molecule has 2 heterocycles. The minimum absolute atomic E-state index is 0. The summed E-state index contributed by atoms with van der Waals surface area (Å²) in [5.74, 6) is 1.55. The van der Waals surface area contributed by atoms with Gasteiger partial charge in [-0.05, 0) is 62.3 Å². The summed E-state index contributed by atoms with van der Waals surface area (Å²) in [5, 5.41) is 6.28. The molecular formula is C17H20BrClN2O3. The molecule has 1 aromatic heterocycles. The number of benzene rings is 1. The van der Waals surface area contributed by atoms with Gasteiger partial charge in [0.05, 0.1) is 0 Å². The van der Waals surface area contributed by atoms with Gasteiger partial charge in [0.1, 0.15) is 18.1 Å². The minimum Gasteiger partial charge on any atom is -0.486 e. The van der Waals surface area contributed by atoms with Crippen molar-refractivity contribution >= 4 is 34.2 Å². The Hall–Kier alpha value is -1.50. The Kier molecular flexibility index (Phi) is 7.15. The summed E-state index contributed by atoms with van der Waals surface area (Å²) in [6.07, 6.45) is 1.90. The summed E-state index contributed by atoms with van der Waals surface area (Å²) in [4.78, 5) is 12.2. The van der Waals surface area contributed by atoms with Gasteiger partial charge in [-0.25, -0.2) is 0 Å². The summed E-state index contributed by atoms with van der Waals surface area (Å²) in [7, 11) is 0. The third-order valence-electron chi connectivity index (χ3n) is 3.75. The standard InChI is InChI=1S/C17H19BrN2O3.ClH/c18-12-1-3-14(4-2-12)22-11-15-5-6-16(23-15)17(21)20-13-7-9-19-10-8-13;/h1-6,13,19H,7-11H2,(H,20,21);1H. The lowest BCUT2D eigenvalue weighted by Gasteiger charge is -2.23. The maximum Gasteiger partial charge on any atom is 0.287 e. The van der Waals surface area contributed by atoms with Crippen LogP contribution in [0.4, 0.5) is 0 Å². The van der Waals surface area contributed by atoms with Gasteiger partial charge < -0.3 is 19.8 Å². The zero-order valence-corrected chi connectivity index (χ0v) is 15.5. The summed E-state index contributed by atoms with van der Waals surface area (Å²) in [5.41, 5.74) is 0. The number of carbonyl (C=O) groups is 1. The molecule has 5 nitrogen and oxygen atoms in total. The Balaban J connectivity index is 0.00000208. The molecule has 24 heavy (non-hydrogen) atoms. The van der Waals surface area contributed by atoms with Crippen LogP contribution in [0.1, 0.15) is 29.2 Å². The molecule has 1 saturated heterocycles. The van der Waals surface area contributed by atoms with Gasteiger partial charge in [0, 0.05) is 10.5 Å². The van der Waals surface area contributed by atoms with E-state index in [2.05, 4.69) is 26.6 Å². The molecule has 1 aliphatic rings. The van der Waals surface area contributed by atoms with Crippen LogP contribution in [0.2, 0.25) is 0 Å². The van der Waals surface area contributed by atoms with Crippen LogP contribution in [0.25, 0.3) is 0 Å². The van der Waals surface area contributed by atoms with Crippen molar-refractivity contribution in [2.24, 2.45) is 0 Å². The number of furan rings is 1. The number of hydrogen-bond acceptors (Lipinski definition) is 4. The predicted molar refractivity (Wildman–Crippen MR) is 97.8 cm³/mol. The first-order chi connectivity index (χ1) is 11.2. The number of hydrogen-bond donors (Lipinski definition) is 2. The smallest absolute Gasteiger partial charge is 0.287 e. The highest BCUT2D eigenvalue weighted by Crippen LogP contribution is 2.18. The lowest BCUT2D eigenvalue weighted by molar-refractivity contribution is 0.0897. The highest BCUT2D eigenvalue weighted by molar-refractivity contribution is 9.10. The first kappa shape index (κ1) is 18.8. The number of rotatable bonds is 5. The second kappa shape index (κ2) is 9.11. The second-order valence-electron chi connectivity index (χ2n) is 5.51. The van der Waals surface area contributed by atoms with Gasteiger partial charge in [0.2, 0.25) is 0 Å². The van der Waals surface area contributed by atoms with E-state index in [0.29, 0.717) is 18.1 Å². The van der Waals surface area contributed by atoms with E-state index < -0.39 is 0 Å². The SMILES string of the molecule is Cl.O=C(NC1CCNCC1)c1ccc(COc2ccc(Br)cc2)o1. The Morgan fingerprint density at radius 2 is 1.92 bits per heavy atom. The van der Waals surface area contributed by atoms with Gasteiger partial charge in [0.25, 0.3) is 5.91 Å². The molecule has 1 aromatic carbocycles. The Bertz CT molecular complexity index is 654. The van der Waals surface area contributed by atoms with Crippen molar-refractivity contribution in [2.45, 2.75) is 25.5 Å². The third-order valence-corrected chi connectivity index (χ3v) is 4.28. The first-order valence-electron chi connectivity index (χ1n) is 7.69. The van der Waals surface area contributed by atoms with E-state index in [0.717, 1.165) is 36.2 Å². The fourth-order valence-corrected chi connectivity index (χ4v) is 2.75. The monoisotopic (exact) mass is 414 g/mol. The van der Waals surface area contributed by atoms with Crippen molar-refractivity contribution < 1.29 is 13.9 Å². The molecule has 130 valence electrons. The maximum atomic E-state index is 12.2. The van der Waals surface area contributed by atoms with Gasteiger partial charge in [-0.2, -0.15) is 0 Å².